The normalized spacial score (nSPS) is 33.9. The van der Waals surface area contributed by atoms with Gasteiger partial charge in [0.15, 0.2) is 0 Å². The van der Waals surface area contributed by atoms with E-state index in [9.17, 15) is 14.4 Å². The lowest BCUT2D eigenvalue weighted by molar-refractivity contribution is -0.136. The number of rotatable bonds is 5. The summed E-state index contributed by atoms with van der Waals surface area (Å²) in [5.74, 6) is -1.15. The van der Waals surface area contributed by atoms with Crippen molar-refractivity contribution in [1.82, 2.24) is 20.4 Å². The van der Waals surface area contributed by atoms with Crippen molar-refractivity contribution in [2.24, 2.45) is 0 Å². The number of ether oxygens (including phenoxy) is 1. The van der Waals surface area contributed by atoms with Gasteiger partial charge in [-0.25, -0.2) is 4.39 Å². The molecule has 3 amide bonds. The Morgan fingerprint density at radius 1 is 1.00 bits per heavy atom. The van der Waals surface area contributed by atoms with E-state index in [2.05, 4.69) is 15.5 Å². The van der Waals surface area contributed by atoms with Gasteiger partial charge >= 0.3 is 0 Å². The molecular formula is C27H35FN4O4. The van der Waals surface area contributed by atoms with Gasteiger partial charge in [-0.05, 0) is 75.4 Å². The van der Waals surface area contributed by atoms with Crippen LogP contribution in [0.3, 0.4) is 0 Å². The minimum atomic E-state index is -0.982. The molecule has 1 unspecified atom stereocenters. The molecule has 0 bridgehead atoms. The molecule has 3 saturated heterocycles. The van der Waals surface area contributed by atoms with Gasteiger partial charge in [0.1, 0.15) is 12.2 Å². The van der Waals surface area contributed by atoms with Gasteiger partial charge in [-0.15, -0.1) is 0 Å². The molecule has 3 atom stereocenters. The van der Waals surface area contributed by atoms with E-state index in [-0.39, 0.29) is 24.2 Å². The maximum absolute atomic E-state index is 15.4. The molecule has 1 aromatic carbocycles. The number of carbonyl (C=O) groups is 3. The Kier molecular flexibility index (Phi) is 6.56. The van der Waals surface area contributed by atoms with Crippen molar-refractivity contribution in [2.75, 3.05) is 26.2 Å². The van der Waals surface area contributed by atoms with Crippen LogP contribution in [0.4, 0.5) is 4.39 Å². The minimum Gasteiger partial charge on any atom is -0.375 e. The fraction of sp³-hybridized carbons (Fsp3) is 0.667. The van der Waals surface area contributed by atoms with Crippen molar-refractivity contribution in [3.63, 3.8) is 0 Å². The van der Waals surface area contributed by atoms with Crippen LogP contribution < -0.4 is 10.6 Å². The van der Waals surface area contributed by atoms with Gasteiger partial charge in [-0.3, -0.25) is 24.6 Å². The average molecular weight is 499 g/mol. The highest BCUT2D eigenvalue weighted by molar-refractivity contribution is 6.05. The highest BCUT2D eigenvalue weighted by Gasteiger charge is 2.42. The van der Waals surface area contributed by atoms with Crippen molar-refractivity contribution in [3.05, 3.63) is 34.9 Å². The first-order valence-corrected chi connectivity index (χ1v) is 13.5. The molecule has 5 aliphatic rings. The summed E-state index contributed by atoms with van der Waals surface area (Å²) < 4.78 is 21.7. The second kappa shape index (κ2) is 9.84. The predicted octanol–water partition coefficient (Wildman–Crippen LogP) is 1.87. The van der Waals surface area contributed by atoms with Crippen LogP contribution in [0.5, 0.6) is 0 Å². The molecular weight excluding hydrogens is 463 g/mol. The van der Waals surface area contributed by atoms with Gasteiger partial charge < -0.3 is 15.0 Å². The molecule has 0 radical (unpaired) electrons. The number of piperidine rings is 3. The molecule has 2 N–H and O–H groups in total. The van der Waals surface area contributed by atoms with Crippen molar-refractivity contribution in [2.45, 2.75) is 87.9 Å². The third kappa shape index (κ3) is 4.57. The second-order valence-electron chi connectivity index (χ2n) is 11.1. The van der Waals surface area contributed by atoms with Gasteiger partial charge in [-0.2, -0.15) is 0 Å². The zero-order chi connectivity index (χ0) is 24.8. The molecule has 4 heterocycles. The van der Waals surface area contributed by atoms with Crippen LogP contribution in [-0.4, -0.2) is 84.2 Å². The summed E-state index contributed by atoms with van der Waals surface area (Å²) in [5, 5.41) is 5.70. The Labute approximate surface area is 210 Å². The third-order valence-electron chi connectivity index (χ3n) is 8.81. The Bertz CT molecular complexity index is 1040. The van der Waals surface area contributed by atoms with Crippen LogP contribution in [-0.2, 0) is 20.9 Å². The van der Waals surface area contributed by atoms with Gasteiger partial charge in [0.05, 0.1) is 12.2 Å². The molecule has 0 spiro atoms. The molecule has 1 aliphatic carbocycles. The number of carbonyl (C=O) groups excluding carboxylic acids is 3. The van der Waals surface area contributed by atoms with Crippen molar-refractivity contribution >= 4 is 17.7 Å². The van der Waals surface area contributed by atoms with E-state index in [1.807, 2.05) is 18.2 Å². The largest absolute Gasteiger partial charge is 0.375 e. The number of imide groups is 1. The Morgan fingerprint density at radius 2 is 1.81 bits per heavy atom. The van der Waals surface area contributed by atoms with E-state index in [1.54, 1.807) is 4.90 Å². The number of likely N-dealkylation sites (tertiary alicyclic amines) is 1. The van der Waals surface area contributed by atoms with Crippen molar-refractivity contribution < 1.29 is 23.5 Å². The van der Waals surface area contributed by atoms with Gasteiger partial charge in [0.25, 0.3) is 5.91 Å². The monoisotopic (exact) mass is 498 g/mol. The van der Waals surface area contributed by atoms with Crippen molar-refractivity contribution in [1.29, 1.82) is 0 Å². The lowest BCUT2D eigenvalue weighted by Crippen LogP contribution is -2.54. The number of halogens is 1. The van der Waals surface area contributed by atoms with Gasteiger partial charge in [0.2, 0.25) is 11.8 Å². The number of alkyl halides is 1. The van der Waals surface area contributed by atoms with Crippen LogP contribution >= 0.6 is 0 Å². The maximum atomic E-state index is 15.4. The molecule has 4 aliphatic heterocycles. The van der Waals surface area contributed by atoms with Crippen LogP contribution in [0.2, 0.25) is 0 Å². The molecule has 6 rings (SSSR count). The summed E-state index contributed by atoms with van der Waals surface area (Å²) in [6.07, 6.45) is 5.12. The molecule has 8 nitrogen and oxygen atoms in total. The lowest BCUT2D eigenvalue weighted by Gasteiger charge is -2.47. The molecule has 0 aromatic heterocycles. The first kappa shape index (κ1) is 24.0. The molecule has 36 heavy (non-hydrogen) atoms. The number of hydrogen-bond acceptors (Lipinski definition) is 6. The lowest BCUT2D eigenvalue weighted by atomic mass is 9.82. The zero-order valence-electron chi connectivity index (χ0n) is 20.6. The third-order valence-corrected chi connectivity index (χ3v) is 8.81. The highest BCUT2D eigenvalue weighted by atomic mass is 19.1. The van der Waals surface area contributed by atoms with Gasteiger partial charge in [0, 0.05) is 37.0 Å². The fourth-order valence-corrected chi connectivity index (χ4v) is 6.59. The van der Waals surface area contributed by atoms with E-state index in [0.29, 0.717) is 43.3 Å². The molecule has 9 heteroatoms. The Morgan fingerprint density at radius 3 is 2.56 bits per heavy atom. The smallest absolute Gasteiger partial charge is 0.255 e. The number of hydrogen-bond donors (Lipinski definition) is 2. The summed E-state index contributed by atoms with van der Waals surface area (Å²) in [6.45, 7) is 3.68. The van der Waals surface area contributed by atoms with Crippen LogP contribution in [0.1, 0.15) is 72.3 Å². The number of nitrogens with zero attached hydrogens (tertiary/aromatic N) is 2. The number of fused-ring (bicyclic) bond motifs is 1. The van der Waals surface area contributed by atoms with E-state index in [1.165, 1.54) is 0 Å². The fourth-order valence-electron chi connectivity index (χ4n) is 6.59. The average Bonchev–Trinajstić information content (AvgIpc) is 3.17. The topological polar surface area (TPSA) is 91.0 Å². The predicted molar refractivity (Wildman–Crippen MR) is 130 cm³/mol. The molecule has 4 fully saturated rings. The minimum absolute atomic E-state index is 0.205. The summed E-state index contributed by atoms with van der Waals surface area (Å²) >= 11 is 0. The Balaban J connectivity index is 1.04. The van der Waals surface area contributed by atoms with Crippen molar-refractivity contribution in [3.8, 4) is 0 Å². The van der Waals surface area contributed by atoms with Crippen LogP contribution in [0.25, 0.3) is 0 Å². The SMILES string of the molecule is O=C1CCC(N2Cc3ccc([C@H]4CCN(C5CC(OC6CCNCC6)C5)C[C@H]4F)cc3C2=O)C(=O)N1. The maximum Gasteiger partial charge on any atom is 0.255 e. The quantitative estimate of drug-likeness (QED) is 0.603. The Hall–Kier alpha value is -2.36. The number of nitrogens with one attached hydrogen (secondary N) is 2. The summed E-state index contributed by atoms with van der Waals surface area (Å²) in [5.41, 5.74) is 2.28. The molecule has 1 aromatic rings. The van der Waals surface area contributed by atoms with Crippen LogP contribution in [0.15, 0.2) is 18.2 Å². The molecule has 1 saturated carbocycles. The summed E-state index contributed by atoms with van der Waals surface area (Å²) in [7, 11) is 0. The first-order chi connectivity index (χ1) is 17.5. The number of benzene rings is 1. The van der Waals surface area contributed by atoms with E-state index in [0.717, 1.165) is 62.9 Å². The second-order valence-corrected chi connectivity index (χ2v) is 11.1. The zero-order valence-corrected chi connectivity index (χ0v) is 20.6. The van der Waals surface area contributed by atoms with E-state index < -0.39 is 18.1 Å². The summed E-state index contributed by atoms with van der Waals surface area (Å²) in [4.78, 5) is 40.8. The van der Waals surface area contributed by atoms with Crippen LogP contribution in [0, 0.1) is 0 Å². The standard InChI is InChI=1S/C27H35FN4O4/c28-23-15-31(18-12-20(13-18)36-19-5-8-29-9-6-19)10-7-21(23)16-1-2-17-14-32(27(35)22(17)11-16)24-3-4-25(33)30-26(24)34/h1-2,11,18-21,23-24,29H,3-10,12-15H2,(H,30,33,34)/t18?,20?,21-,23-,24?/m1/s1. The molecule has 194 valence electrons. The highest BCUT2D eigenvalue weighted by Crippen LogP contribution is 2.38. The van der Waals surface area contributed by atoms with E-state index in [4.69, 9.17) is 4.74 Å². The summed E-state index contributed by atoms with van der Waals surface area (Å²) in [6, 6.07) is 5.46. The van der Waals surface area contributed by atoms with E-state index >= 15 is 4.39 Å². The number of amides is 3. The van der Waals surface area contributed by atoms with Gasteiger partial charge in [-0.1, -0.05) is 12.1 Å². The first-order valence-electron chi connectivity index (χ1n) is 13.5.